The normalized spacial score (nSPS) is 15.4. The van der Waals surface area contributed by atoms with Crippen molar-refractivity contribution >= 4 is 5.91 Å². The number of rotatable bonds is 9. The average Bonchev–Trinajstić information content (AvgIpc) is 2.99. The van der Waals surface area contributed by atoms with Crippen LogP contribution in [0.3, 0.4) is 0 Å². The fourth-order valence-electron chi connectivity index (χ4n) is 1.40. The molecule has 0 aromatic heterocycles. The molecule has 1 aliphatic rings. The summed E-state index contributed by atoms with van der Waals surface area (Å²) in [6.07, 6.45) is 3.21. The van der Waals surface area contributed by atoms with Crippen molar-refractivity contribution in [1.82, 2.24) is 10.6 Å². The van der Waals surface area contributed by atoms with Crippen molar-refractivity contribution in [2.24, 2.45) is 5.92 Å². The molecule has 0 atom stereocenters. The van der Waals surface area contributed by atoms with E-state index in [2.05, 4.69) is 10.6 Å². The summed E-state index contributed by atoms with van der Waals surface area (Å²) in [5, 5.41) is 6.06. The van der Waals surface area contributed by atoms with E-state index in [1.54, 1.807) is 0 Å². The molecular formula is C12H24N2O2. The van der Waals surface area contributed by atoms with E-state index in [4.69, 9.17) is 4.74 Å². The first-order valence-electron chi connectivity index (χ1n) is 6.26. The molecule has 0 saturated heterocycles. The molecule has 1 amide bonds. The highest BCUT2D eigenvalue weighted by Gasteiger charge is 2.20. The molecule has 4 nitrogen and oxygen atoms in total. The standard InChI is InChI=1S/C12H24N2O2/c1-10(2)14-12(15)5-6-13-7-8-16-9-11-3-4-11/h10-11,13H,3-9H2,1-2H3,(H,14,15). The summed E-state index contributed by atoms with van der Waals surface area (Å²) in [6.45, 7) is 7.17. The van der Waals surface area contributed by atoms with Crippen molar-refractivity contribution in [1.29, 1.82) is 0 Å². The lowest BCUT2D eigenvalue weighted by molar-refractivity contribution is -0.121. The molecule has 0 unspecified atom stereocenters. The van der Waals surface area contributed by atoms with Gasteiger partial charge in [0.25, 0.3) is 0 Å². The number of carbonyl (C=O) groups is 1. The van der Waals surface area contributed by atoms with Crippen molar-refractivity contribution in [3.8, 4) is 0 Å². The molecular weight excluding hydrogens is 204 g/mol. The highest BCUT2D eigenvalue weighted by atomic mass is 16.5. The third-order valence-corrected chi connectivity index (χ3v) is 2.45. The number of amides is 1. The van der Waals surface area contributed by atoms with Gasteiger partial charge in [-0.05, 0) is 32.6 Å². The van der Waals surface area contributed by atoms with Crippen LogP contribution in [0.25, 0.3) is 0 Å². The van der Waals surface area contributed by atoms with E-state index in [-0.39, 0.29) is 11.9 Å². The Morgan fingerprint density at radius 3 is 2.75 bits per heavy atom. The Morgan fingerprint density at radius 2 is 2.12 bits per heavy atom. The second-order valence-electron chi connectivity index (χ2n) is 4.74. The fourth-order valence-corrected chi connectivity index (χ4v) is 1.40. The second-order valence-corrected chi connectivity index (χ2v) is 4.74. The van der Waals surface area contributed by atoms with Crippen molar-refractivity contribution in [2.45, 2.75) is 39.2 Å². The van der Waals surface area contributed by atoms with Crippen LogP contribution in [0.4, 0.5) is 0 Å². The van der Waals surface area contributed by atoms with Crippen LogP contribution in [0.15, 0.2) is 0 Å². The molecule has 0 spiro atoms. The molecule has 1 saturated carbocycles. The molecule has 1 fully saturated rings. The van der Waals surface area contributed by atoms with Crippen molar-refractivity contribution < 1.29 is 9.53 Å². The van der Waals surface area contributed by atoms with E-state index in [9.17, 15) is 4.79 Å². The first-order chi connectivity index (χ1) is 7.68. The molecule has 0 aromatic carbocycles. The lowest BCUT2D eigenvalue weighted by atomic mass is 10.3. The molecule has 0 aromatic rings. The van der Waals surface area contributed by atoms with Crippen molar-refractivity contribution in [3.63, 3.8) is 0 Å². The van der Waals surface area contributed by atoms with Crippen LogP contribution in [0.5, 0.6) is 0 Å². The summed E-state index contributed by atoms with van der Waals surface area (Å²) in [4.78, 5) is 11.3. The van der Waals surface area contributed by atoms with Crippen LogP contribution >= 0.6 is 0 Å². The van der Waals surface area contributed by atoms with E-state index in [0.29, 0.717) is 6.42 Å². The molecule has 4 heteroatoms. The van der Waals surface area contributed by atoms with E-state index >= 15 is 0 Å². The zero-order valence-electron chi connectivity index (χ0n) is 10.4. The van der Waals surface area contributed by atoms with Gasteiger partial charge in [-0.25, -0.2) is 0 Å². The van der Waals surface area contributed by atoms with Gasteiger partial charge >= 0.3 is 0 Å². The predicted molar refractivity (Wildman–Crippen MR) is 64.3 cm³/mol. The topological polar surface area (TPSA) is 50.4 Å². The molecule has 16 heavy (non-hydrogen) atoms. The van der Waals surface area contributed by atoms with Gasteiger partial charge in [0.05, 0.1) is 6.61 Å². The van der Waals surface area contributed by atoms with Gasteiger partial charge in [0.15, 0.2) is 0 Å². The van der Waals surface area contributed by atoms with Crippen LogP contribution in [-0.2, 0) is 9.53 Å². The fraction of sp³-hybridized carbons (Fsp3) is 0.917. The third-order valence-electron chi connectivity index (χ3n) is 2.45. The number of carbonyl (C=O) groups excluding carboxylic acids is 1. The Hall–Kier alpha value is -0.610. The molecule has 2 N–H and O–H groups in total. The van der Waals surface area contributed by atoms with E-state index in [0.717, 1.165) is 32.2 Å². The van der Waals surface area contributed by atoms with Gasteiger partial charge in [0.1, 0.15) is 0 Å². The summed E-state index contributed by atoms with van der Waals surface area (Å²) in [5.41, 5.74) is 0. The Bertz CT molecular complexity index is 203. The van der Waals surface area contributed by atoms with Crippen LogP contribution < -0.4 is 10.6 Å². The molecule has 0 aliphatic heterocycles. The maximum absolute atomic E-state index is 11.3. The van der Waals surface area contributed by atoms with Gasteiger partial charge in [-0.15, -0.1) is 0 Å². The van der Waals surface area contributed by atoms with Gasteiger partial charge in [-0.3, -0.25) is 4.79 Å². The molecule has 0 heterocycles. The summed E-state index contributed by atoms with van der Waals surface area (Å²) < 4.78 is 5.47. The van der Waals surface area contributed by atoms with Gasteiger partial charge in [0, 0.05) is 32.2 Å². The Kier molecular flexibility index (Phi) is 6.42. The molecule has 0 radical (unpaired) electrons. The van der Waals surface area contributed by atoms with Crippen LogP contribution in [0, 0.1) is 5.92 Å². The van der Waals surface area contributed by atoms with Crippen LogP contribution in [-0.4, -0.2) is 38.3 Å². The summed E-state index contributed by atoms with van der Waals surface area (Å²) in [5.74, 6) is 0.943. The summed E-state index contributed by atoms with van der Waals surface area (Å²) >= 11 is 0. The lowest BCUT2D eigenvalue weighted by Gasteiger charge is -2.09. The monoisotopic (exact) mass is 228 g/mol. The highest BCUT2D eigenvalue weighted by molar-refractivity contribution is 5.76. The Labute approximate surface area is 98.1 Å². The number of hydrogen-bond donors (Lipinski definition) is 2. The average molecular weight is 228 g/mol. The maximum Gasteiger partial charge on any atom is 0.221 e. The molecule has 94 valence electrons. The summed E-state index contributed by atoms with van der Waals surface area (Å²) in [7, 11) is 0. The highest BCUT2D eigenvalue weighted by Crippen LogP contribution is 2.28. The first-order valence-corrected chi connectivity index (χ1v) is 6.26. The molecule has 1 aliphatic carbocycles. The largest absolute Gasteiger partial charge is 0.380 e. The minimum Gasteiger partial charge on any atom is -0.380 e. The minimum absolute atomic E-state index is 0.112. The quantitative estimate of drug-likeness (QED) is 0.577. The second kappa shape index (κ2) is 7.63. The number of ether oxygens (including phenoxy) is 1. The SMILES string of the molecule is CC(C)NC(=O)CCNCCOCC1CC1. The van der Waals surface area contributed by atoms with Crippen molar-refractivity contribution in [3.05, 3.63) is 0 Å². The predicted octanol–water partition coefficient (Wildman–Crippen LogP) is 0.917. The molecule has 1 rings (SSSR count). The van der Waals surface area contributed by atoms with E-state index in [1.807, 2.05) is 13.8 Å². The zero-order valence-corrected chi connectivity index (χ0v) is 10.4. The Balaban J connectivity index is 1.77. The maximum atomic E-state index is 11.3. The van der Waals surface area contributed by atoms with E-state index < -0.39 is 0 Å². The smallest absolute Gasteiger partial charge is 0.221 e. The molecule has 0 bridgehead atoms. The lowest BCUT2D eigenvalue weighted by Crippen LogP contribution is -2.33. The van der Waals surface area contributed by atoms with E-state index in [1.165, 1.54) is 12.8 Å². The van der Waals surface area contributed by atoms with Crippen LogP contribution in [0.2, 0.25) is 0 Å². The third kappa shape index (κ3) is 7.65. The van der Waals surface area contributed by atoms with Gasteiger partial charge in [0.2, 0.25) is 5.91 Å². The van der Waals surface area contributed by atoms with Crippen LogP contribution in [0.1, 0.15) is 33.1 Å². The van der Waals surface area contributed by atoms with Gasteiger partial charge in [-0.2, -0.15) is 0 Å². The minimum atomic E-state index is 0.112. The van der Waals surface area contributed by atoms with Gasteiger partial charge in [-0.1, -0.05) is 0 Å². The summed E-state index contributed by atoms with van der Waals surface area (Å²) in [6, 6.07) is 0.231. The number of hydrogen-bond acceptors (Lipinski definition) is 3. The Morgan fingerprint density at radius 1 is 1.38 bits per heavy atom. The van der Waals surface area contributed by atoms with Crippen molar-refractivity contribution in [2.75, 3.05) is 26.3 Å². The zero-order chi connectivity index (χ0) is 11.8. The first kappa shape index (κ1) is 13.5. The number of nitrogens with one attached hydrogen (secondary N) is 2. The van der Waals surface area contributed by atoms with Gasteiger partial charge < -0.3 is 15.4 Å².